The average Bonchev–Trinajstić information content (AvgIpc) is 3.03. The normalized spacial score (nSPS) is 23.4. The molecule has 0 saturated heterocycles. The van der Waals surface area contributed by atoms with Gasteiger partial charge in [0.2, 0.25) is 12.0 Å². The Morgan fingerprint density at radius 1 is 1.39 bits per heavy atom. The van der Waals surface area contributed by atoms with Crippen molar-refractivity contribution in [1.29, 1.82) is 0 Å². The van der Waals surface area contributed by atoms with E-state index in [-0.39, 0.29) is 11.5 Å². The maximum atomic E-state index is 11.7. The highest BCUT2D eigenvalue weighted by atomic mass is 16.6. The van der Waals surface area contributed by atoms with E-state index in [4.69, 9.17) is 9.47 Å². The lowest BCUT2D eigenvalue weighted by molar-refractivity contribution is -0.149. The van der Waals surface area contributed by atoms with Crippen LogP contribution in [-0.2, 0) is 14.3 Å². The maximum Gasteiger partial charge on any atom is 0.349 e. The fourth-order valence-corrected chi connectivity index (χ4v) is 2.21. The molecule has 4 heteroatoms. The highest BCUT2D eigenvalue weighted by molar-refractivity contribution is 5.99. The van der Waals surface area contributed by atoms with E-state index in [0.29, 0.717) is 5.90 Å². The van der Waals surface area contributed by atoms with E-state index in [1.807, 2.05) is 31.2 Å². The van der Waals surface area contributed by atoms with Crippen LogP contribution in [0.2, 0.25) is 0 Å². The van der Waals surface area contributed by atoms with Crippen LogP contribution in [0.3, 0.4) is 0 Å². The second kappa shape index (κ2) is 3.83. The van der Waals surface area contributed by atoms with Gasteiger partial charge in [0.05, 0.1) is 7.11 Å². The van der Waals surface area contributed by atoms with Gasteiger partial charge in [-0.2, -0.15) is 0 Å². The quantitative estimate of drug-likeness (QED) is 0.747. The molecule has 1 aliphatic heterocycles. The van der Waals surface area contributed by atoms with Gasteiger partial charge in [0.25, 0.3) is 0 Å². The molecule has 94 valence electrons. The first-order valence-electron chi connectivity index (χ1n) is 6.06. The number of rotatable bonds is 2. The number of carbonyl (C=O) groups excluding carboxylic acids is 1. The Morgan fingerprint density at radius 2 is 2.06 bits per heavy atom. The van der Waals surface area contributed by atoms with E-state index in [1.54, 1.807) is 0 Å². The summed E-state index contributed by atoms with van der Waals surface area (Å²) in [5.74, 6) is 0.223. The van der Waals surface area contributed by atoms with Crippen LogP contribution >= 0.6 is 0 Å². The van der Waals surface area contributed by atoms with Crippen molar-refractivity contribution in [2.24, 2.45) is 4.99 Å². The number of methoxy groups -OCH3 is 1. The fraction of sp³-hybridized carbons (Fsp3) is 0.429. The average molecular weight is 245 g/mol. The number of carbonyl (C=O) groups is 1. The molecule has 1 saturated carbocycles. The summed E-state index contributed by atoms with van der Waals surface area (Å²) in [6.07, 6.45) is 1.21. The standard InChI is InChI=1S/C14H15NO3/c1-9-3-5-10(6-4-9)12-15-14(7-8-14)11(18-12)13(16)17-2/h3-6,11H,7-8H2,1-2H3. The molecule has 0 radical (unpaired) electrons. The van der Waals surface area contributed by atoms with Gasteiger partial charge < -0.3 is 9.47 Å². The predicted molar refractivity (Wildman–Crippen MR) is 66.6 cm³/mol. The zero-order chi connectivity index (χ0) is 12.8. The van der Waals surface area contributed by atoms with Gasteiger partial charge in [-0.1, -0.05) is 17.7 Å². The number of hydrogen-bond acceptors (Lipinski definition) is 4. The van der Waals surface area contributed by atoms with E-state index >= 15 is 0 Å². The summed E-state index contributed by atoms with van der Waals surface area (Å²) in [6, 6.07) is 7.94. The molecule has 3 rings (SSSR count). The smallest absolute Gasteiger partial charge is 0.349 e. The summed E-state index contributed by atoms with van der Waals surface area (Å²) in [5.41, 5.74) is 1.74. The number of nitrogens with zero attached hydrogens (tertiary/aromatic N) is 1. The molecule has 1 aromatic carbocycles. The monoisotopic (exact) mass is 245 g/mol. The van der Waals surface area contributed by atoms with Gasteiger partial charge in [-0.05, 0) is 31.9 Å². The van der Waals surface area contributed by atoms with Crippen molar-refractivity contribution in [1.82, 2.24) is 0 Å². The van der Waals surface area contributed by atoms with Gasteiger partial charge >= 0.3 is 5.97 Å². The van der Waals surface area contributed by atoms with Crippen molar-refractivity contribution >= 4 is 11.9 Å². The summed E-state index contributed by atoms with van der Waals surface area (Å²) in [7, 11) is 1.38. The van der Waals surface area contributed by atoms with E-state index in [1.165, 1.54) is 12.7 Å². The van der Waals surface area contributed by atoms with Gasteiger partial charge in [0.1, 0.15) is 5.54 Å². The zero-order valence-corrected chi connectivity index (χ0v) is 10.5. The first-order chi connectivity index (χ1) is 8.64. The van der Waals surface area contributed by atoms with E-state index < -0.39 is 6.10 Å². The first kappa shape index (κ1) is 11.3. The molecule has 0 N–H and O–H groups in total. The van der Waals surface area contributed by atoms with Crippen molar-refractivity contribution in [2.75, 3.05) is 7.11 Å². The van der Waals surface area contributed by atoms with Crippen LogP contribution in [0, 0.1) is 6.92 Å². The Morgan fingerprint density at radius 3 is 2.61 bits per heavy atom. The minimum absolute atomic E-state index is 0.335. The molecular weight excluding hydrogens is 230 g/mol. The minimum Gasteiger partial charge on any atom is -0.466 e. The lowest BCUT2D eigenvalue weighted by Crippen LogP contribution is -2.34. The number of aryl methyl sites for hydroxylation is 1. The van der Waals surface area contributed by atoms with E-state index in [2.05, 4.69) is 4.99 Å². The van der Waals surface area contributed by atoms with Gasteiger partial charge in [0, 0.05) is 5.56 Å². The Balaban J connectivity index is 1.88. The topological polar surface area (TPSA) is 47.9 Å². The molecule has 18 heavy (non-hydrogen) atoms. The molecule has 1 unspecified atom stereocenters. The number of aliphatic imine (C=N–C) groups is 1. The molecule has 1 heterocycles. The molecule has 1 aromatic rings. The number of hydrogen-bond donors (Lipinski definition) is 0. The van der Waals surface area contributed by atoms with Crippen LogP contribution in [0.25, 0.3) is 0 Å². The molecule has 1 atom stereocenters. The summed E-state index contributed by atoms with van der Waals surface area (Å²) in [5, 5.41) is 0. The van der Waals surface area contributed by atoms with E-state index in [0.717, 1.165) is 18.4 Å². The van der Waals surface area contributed by atoms with Crippen LogP contribution < -0.4 is 0 Å². The van der Waals surface area contributed by atoms with Crippen LogP contribution in [0.5, 0.6) is 0 Å². The van der Waals surface area contributed by atoms with Crippen molar-refractivity contribution < 1.29 is 14.3 Å². The zero-order valence-electron chi connectivity index (χ0n) is 10.5. The minimum atomic E-state index is -0.571. The lowest BCUT2D eigenvalue weighted by Gasteiger charge is -2.13. The second-order valence-electron chi connectivity index (χ2n) is 4.91. The predicted octanol–water partition coefficient (Wildman–Crippen LogP) is 1.85. The summed E-state index contributed by atoms with van der Waals surface area (Å²) < 4.78 is 10.5. The van der Waals surface area contributed by atoms with Gasteiger partial charge in [0.15, 0.2) is 0 Å². The molecule has 0 amide bonds. The lowest BCUT2D eigenvalue weighted by atomic mass is 10.1. The molecule has 1 fully saturated rings. The van der Waals surface area contributed by atoms with Gasteiger partial charge in [-0.25, -0.2) is 9.79 Å². The third-order valence-electron chi connectivity index (χ3n) is 3.52. The largest absolute Gasteiger partial charge is 0.466 e. The highest BCUT2D eigenvalue weighted by Crippen LogP contribution is 2.48. The molecule has 0 bridgehead atoms. The molecule has 4 nitrogen and oxygen atoms in total. The van der Waals surface area contributed by atoms with Crippen LogP contribution in [-0.4, -0.2) is 30.6 Å². The maximum absolute atomic E-state index is 11.7. The molecule has 0 aromatic heterocycles. The Labute approximate surface area is 106 Å². The number of ether oxygens (including phenoxy) is 2. The number of esters is 1. The fourth-order valence-electron chi connectivity index (χ4n) is 2.21. The van der Waals surface area contributed by atoms with Crippen molar-refractivity contribution in [2.45, 2.75) is 31.4 Å². The summed E-state index contributed by atoms with van der Waals surface area (Å²) in [6.45, 7) is 2.03. The second-order valence-corrected chi connectivity index (χ2v) is 4.91. The van der Waals surface area contributed by atoms with Crippen LogP contribution in [0.4, 0.5) is 0 Å². The van der Waals surface area contributed by atoms with Crippen molar-refractivity contribution in [3.8, 4) is 0 Å². The molecule has 1 aliphatic carbocycles. The van der Waals surface area contributed by atoms with Gasteiger partial charge in [-0.3, -0.25) is 0 Å². The van der Waals surface area contributed by atoms with Gasteiger partial charge in [-0.15, -0.1) is 0 Å². The van der Waals surface area contributed by atoms with E-state index in [9.17, 15) is 4.79 Å². The van der Waals surface area contributed by atoms with Crippen LogP contribution in [0.15, 0.2) is 29.3 Å². The third kappa shape index (κ3) is 1.68. The Kier molecular flexibility index (Phi) is 2.40. The van der Waals surface area contributed by atoms with Crippen molar-refractivity contribution in [3.05, 3.63) is 35.4 Å². The number of benzene rings is 1. The Bertz CT molecular complexity index is 514. The van der Waals surface area contributed by atoms with Crippen LogP contribution in [0.1, 0.15) is 24.0 Å². The summed E-state index contributed by atoms with van der Waals surface area (Å²) >= 11 is 0. The summed E-state index contributed by atoms with van der Waals surface area (Å²) in [4.78, 5) is 16.3. The SMILES string of the molecule is COC(=O)C1OC(c2ccc(C)cc2)=NC12CC2. The first-order valence-corrected chi connectivity index (χ1v) is 6.06. The van der Waals surface area contributed by atoms with Crippen molar-refractivity contribution in [3.63, 3.8) is 0 Å². The molecule has 2 aliphatic rings. The third-order valence-corrected chi connectivity index (χ3v) is 3.52. The molecular formula is C14H15NO3. The Hall–Kier alpha value is -1.84. The highest BCUT2D eigenvalue weighted by Gasteiger charge is 2.59. The molecule has 1 spiro atoms.